The summed E-state index contributed by atoms with van der Waals surface area (Å²) in [6.45, 7) is 6.53. The van der Waals surface area contributed by atoms with E-state index in [0.29, 0.717) is 6.54 Å². The minimum atomic E-state index is -0.738. The zero-order valence-corrected chi connectivity index (χ0v) is 10.6. The summed E-state index contributed by atoms with van der Waals surface area (Å²) in [5.41, 5.74) is 1.35. The van der Waals surface area contributed by atoms with E-state index < -0.39 is 16.4 Å². The summed E-state index contributed by atoms with van der Waals surface area (Å²) < 4.78 is 13.6. The molecule has 1 aliphatic rings. The van der Waals surface area contributed by atoms with Gasteiger partial charge in [0.05, 0.1) is 4.92 Å². The van der Waals surface area contributed by atoms with Crippen LogP contribution in [0.15, 0.2) is 12.1 Å². The zero-order valence-electron chi connectivity index (χ0n) is 10.6. The molecule has 0 N–H and O–H groups in total. The van der Waals surface area contributed by atoms with E-state index in [-0.39, 0.29) is 0 Å². The molecule has 0 spiro atoms. The van der Waals surface area contributed by atoms with Gasteiger partial charge < -0.3 is 0 Å². The highest BCUT2D eigenvalue weighted by atomic mass is 19.1. The van der Waals surface area contributed by atoms with E-state index in [1.807, 2.05) is 0 Å². The summed E-state index contributed by atoms with van der Waals surface area (Å²) in [7, 11) is 0. The van der Waals surface area contributed by atoms with Crippen LogP contribution in [-0.4, -0.2) is 22.9 Å². The van der Waals surface area contributed by atoms with E-state index in [0.717, 1.165) is 30.6 Å². The molecule has 0 saturated heterocycles. The Morgan fingerprint density at radius 3 is 2.78 bits per heavy atom. The maximum Gasteiger partial charge on any atom is 0.305 e. The summed E-state index contributed by atoms with van der Waals surface area (Å²) in [4.78, 5) is 12.2. The van der Waals surface area contributed by atoms with E-state index in [9.17, 15) is 14.5 Å². The minimum Gasteiger partial charge on any atom is -0.298 e. The van der Waals surface area contributed by atoms with Crippen molar-refractivity contribution in [2.75, 3.05) is 13.1 Å². The number of fused-ring (bicyclic) bond motifs is 1. The Bertz CT molecular complexity index is 474. The third kappa shape index (κ3) is 2.67. The van der Waals surface area contributed by atoms with Crippen molar-refractivity contribution in [1.82, 2.24) is 4.90 Å². The third-order valence-electron chi connectivity index (χ3n) is 3.10. The molecule has 18 heavy (non-hydrogen) atoms. The molecule has 2 rings (SSSR count). The van der Waals surface area contributed by atoms with E-state index in [2.05, 4.69) is 18.7 Å². The molecular formula is C13H16FN2O2. The monoisotopic (exact) mass is 251 g/mol. The van der Waals surface area contributed by atoms with Crippen LogP contribution >= 0.6 is 0 Å². The van der Waals surface area contributed by atoms with Crippen LogP contribution in [0.3, 0.4) is 0 Å². The lowest BCUT2D eigenvalue weighted by molar-refractivity contribution is -0.387. The lowest BCUT2D eigenvalue weighted by Gasteiger charge is -2.29. The Morgan fingerprint density at radius 2 is 2.17 bits per heavy atom. The first-order valence-corrected chi connectivity index (χ1v) is 5.94. The minimum absolute atomic E-state index is 0.416. The molecule has 0 bridgehead atoms. The molecule has 0 amide bonds. The van der Waals surface area contributed by atoms with Gasteiger partial charge in [-0.1, -0.05) is 13.8 Å². The van der Waals surface area contributed by atoms with E-state index in [1.165, 1.54) is 18.1 Å². The zero-order chi connectivity index (χ0) is 13.3. The van der Waals surface area contributed by atoms with Crippen LogP contribution in [0.4, 0.5) is 10.1 Å². The summed E-state index contributed by atoms with van der Waals surface area (Å²) in [6, 6.07) is 2.69. The van der Waals surface area contributed by atoms with Gasteiger partial charge in [-0.2, -0.15) is 4.39 Å². The number of nitro benzene ring substituents is 1. The number of halogens is 1. The highest BCUT2D eigenvalue weighted by Gasteiger charge is 2.23. The van der Waals surface area contributed by atoms with E-state index in [4.69, 9.17) is 0 Å². The molecule has 1 aromatic rings. The second-order valence-electron chi connectivity index (χ2n) is 5.00. The first kappa shape index (κ1) is 13.0. The summed E-state index contributed by atoms with van der Waals surface area (Å²) in [5.74, 6) is 0.568. The normalized spacial score (nSPS) is 15.8. The summed E-state index contributed by atoms with van der Waals surface area (Å²) in [6.07, 6.45) is 0.740. The van der Waals surface area contributed by atoms with Gasteiger partial charge in [-0.25, -0.2) is 0 Å². The second-order valence-corrected chi connectivity index (χ2v) is 5.00. The molecule has 0 aromatic heterocycles. The van der Waals surface area contributed by atoms with Gasteiger partial charge in [-0.15, -0.1) is 0 Å². The van der Waals surface area contributed by atoms with Crippen LogP contribution < -0.4 is 0 Å². The van der Waals surface area contributed by atoms with Crippen molar-refractivity contribution in [3.05, 3.63) is 45.1 Å². The average Bonchev–Trinajstić information content (AvgIpc) is 2.26. The molecule has 1 aliphatic heterocycles. The Kier molecular flexibility index (Phi) is 3.61. The Morgan fingerprint density at radius 1 is 1.44 bits per heavy atom. The first-order valence-electron chi connectivity index (χ1n) is 5.94. The molecule has 1 aromatic carbocycles. The Balaban J connectivity index is 2.24. The summed E-state index contributed by atoms with van der Waals surface area (Å²) >= 11 is 0. The molecule has 0 saturated carbocycles. The van der Waals surface area contributed by atoms with Gasteiger partial charge in [0.15, 0.2) is 0 Å². The number of hydrogen-bond donors (Lipinski definition) is 0. The fourth-order valence-corrected chi connectivity index (χ4v) is 2.35. The first-order chi connectivity index (χ1) is 8.47. The molecule has 0 unspecified atom stereocenters. The lowest BCUT2D eigenvalue weighted by atomic mass is 9.98. The quantitative estimate of drug-likeness (QED) is 0.613. The van der Waals surface area contributed by atoms with Crippen LogP contribution in [0.5, 0.6) is 0 Å². The third-order valence-corrected chi connectivity index (χ3v) is 3.10. The van der Waals surface area contributed by atoms with Crippen LogP contribution in [0, 0.1) is 21.8 Å². The fraction of sp³-hybridized carbons (Fsp3) is 0.462. The van der Waals surface area contributed by atoms with Gasteiger partial charge in [-0.05, 0) is 29.5 Å². The Hall–Kier alpha value is -1.49. The molecule has 0 aliphatic carbocycles. The predicted octanol–water partition coefficient (Wildman–Crippen LogP) is 2.71. The predicted molar refractivity (Wildman–Crippen MR) is 66.6 cm³/mol. The average molecular weight is 251 g/mol. The van der Waals surface area contributed by atoms with Crippen molar-refractivity contribution in [3.8, 4) is 0 Å². The van der Waals surface area contributed by atoms with Crippen molar-refractivity contribution < 1.29 is 9.31 Å². The van der Waals surface area contributed by atoms with Crippen LogP contribution in [0.25, 0.3) is 0 Å². The maximum absolute atomic E-state index is 13.6. The fourth-order valence-electron chi connectivity index (χ4n) is 2.35. The number of rotatable bonds is 3. The molecular weight excluding hydrogens is 235 g/mol. The highest BCUT2D eigenvalue weighted by Crippen LogP contribution is 2.27. The smallest absolute Gasteiger partial charge is 0.298 e. The van der Waals surface area contributed by atoms with Gasteiger partial charge in [0, 0.05) is 25.7 Å². The van der Waals surface area contributed by atoms with Gasteiger partial charge >= 0.3 is 5.69 Å². The Labute approximate surface area is 106 Å². The number of nitrogens with zero attached hydrogens (tertiary/aromatic N) is 2. The van der Waals surface area contributed by atoms with Crippen LogP contribution in [-0.2, 0) is 13.0 Å². The van der Waals surface area contributed by atoms with Crippen molar-refractivity contribution in [2.24, 2.45) is 0 Å². The van der Waals surface area contributed by atoms with Crippen LogP contribution in [0.2, 0.25) is 0 Å². The molecule has 97 valence electrons. The van der Waals surface area contributed by atoms with Crippen LogP contribution in [0.1, 0.15) is 25.0 Å². The molecule has 1 heterocycles. The SMILES string of the molecule is C[C](C)CN1CCc2cc([N+](=O)[O-])c(F)cc2C1. The van der Waals surface area contributed by atoms with Crippen molar-refractivity contribution in [2.45, 2.75) is 26.8 Å². The van der Waals surface area contributed by atoms with E-state index in [1.54, 1.807) is 0 Å². The molecule has 0 fully saturated rings. The van der Waals surface area contributed by atoms with Crippen molar-refractivity contribution in [1.29, 1.82) is 0 Å². The van der Waals surface area contributed by atoms with Crippen molar-refractivity contribution in [3.63, 3.8) is 0 Å². The van der Waals surface area contributed by atoms with Gasteiger partial charge in [0.2, 0.25) is 5.82 Å². The van der Waals surface area contributed by atoms with Gasteiger partial charge in [0.25, 0.3) is 0 Å². The lowest BCUT2D eigenvalue weighted by Crippen LogP contribution is -2.33. The summed E-state index contributed by atoms with van der Waals surface area (Å²) in [5, 5.41) is 10.7. The number of hydrogen-bond acceptors (Lipinski definition) is 3. The molecule has 0 atom stereocenters. The standard InChI is InChI=1S/C13H16FN2O2/c1-9(2)7-15-4-3-10-6-13(16(17)18)12(14)5-11(10)8-15/h5-6H,3-4,7-8H2,1-2H3. The van der Waals surface area contributed by atoms with E-state index >= 15 is 0 Å². The van der Waals surface area contributed by atoms with Gasteiger partial charge in [-0.3, -0.25) is 15.0 Å². The molecule has 4 nitrogen and oxygen atoms in total. The van der Waals surface area contributed by atoms with Gasteiger partial charge in [0.1, 0.15) is 0 Å². The number of nitro groups is 1. The highest BCUT2D eigenvalue weighted by molar-refractivity contribution is 5.42. The topological polar surface area (TPSA) is 46.4 Å². The van der Waals surface area contributed by atoms with Crippen molar-refractivity contribution >= 4 is 5.69 Å². The molecule has 1 radical (unpaired) electrons. The molecule has 5 heteroatoms. The second kappa shape index (κ2) is 5.02. The largest absolute Gasteiger partial charge is 0.305 e. The number of benzene rings is 1. The maximum atomic E-state index is 13.6.